The molecule has 0 unspecified atom stereocenters. The fraction of sp³-hybridized carbons (Fsp3) is 0.500. The van der Waals surface area contributed by atoms with Crippen molar-refractivity contribution in [1.29, 1.82) is 0 Å². The molecular weight excluding hydrogens is 366 g/mol. The van der Waals surface area contributed by atoms with Gasteiger partial charge in [0.1, 0.15) is 11.4 Å². The number of nitrogens with one attached hydrogen (secondary N) is 2. The van der Waals surface area contributed by atoms with Crippen LogP contribution in [0, 0.1) is 13.8 Å². The topological polar surface area (TPSA) is 102 Å². The summed E-state index contributed by atoms with van der Waals surface area (Å²) in [6, 6.07) is 8.09. The molecule has 0 aliphatic heterocycles. The van der Waals surface area contributed by atoms with Crippen LogP contribution in [-0.2, 0) is 4.74 Å². The van der Waals surface area contributed by atoms with Crippen LogP contribution in [0.5, 0.6) is 0 Å². The molecule has 0 atom stereocenters. The van der Waals surface area contributed by atoms with Gasteiger partial charge in [-0.2, -0.15) is 4.98 Å². The van der Waals surface area contributed by atoms with Crippen LogP contribution in [-0.4, -0.2) is 34.8 Å². The zero-order chi connectivity index (χ0) is 21.4. The average molecular weight is 400 g/mol. The first-order chi connectivity index (χ1) is 13.7. The minimum atomic E-state index is -0.469. The Bertz CT molecular complexity index is 830. The van der Waals surface area contributed by atoms with E-state index in [2.05, 4.69) is 40.5 Å². The quantitative estimate of drug-likeness (QED) is 0.567. The largest absolute Gasteiger partial charge is 0.444 e. The van der Waals surface area contributed by atoms with Crippen molar-refractivity contribution in [1.82, 2.24) is 15.3 Å². The van der Waals surface area contributed by atoms with Crippen LogP contribution in [0.1, 0.15) is 51.2 Å². The van der Waals surface area contributed by atoms with E-state index in [0.29, 0.717) is 6.54 Å². The van der Waals surface area contributed by atoms with E-state index in [1.165, 1.54) is 11.1 Å². The molecule has 0 radical (unpaired) electrons. The minimum absolute atomic E-state index is 0.257. The van der Waals surface area contributed by atoms with Gasteiger partial charge in [-0.05, 0) is 65.0 Å². The second kappa shape index (κ2) is 10.1. The molecule has 4 N–H and O–H groups in total. The van der Waals surface area contributed by atoms with Crippen molar-refractivity contribution in [3.8, 4) is 11.3 Å². The summed E-state index contributed by atoms with van der Waals surface area (Å²) in [4.78, 5) is 20.3. The smallest absolute Gasteiger partial charge is 0.407 e. The summed E-state index contributed by atoms with van der Waals surface area (Å²) in [5.74, 6) is 0.979. The van der Waals surface area contributed by atoms with Crippen molar-refractivity contribution >= 4 is 17.9 Å². The average Bonchev–Trinajstić information content (AvgIpc) is 2.61. The molecule has 0 fully saturated rings. The van der Waals surface area contributed by atoms with E-state index in [-0.39, 0.29) is 12.0 Å². The molecule has 0 aliphatic rings. The molecular formula is C22H33N5O2. The Hall–Kier alpha value is -2.83. The molecule has 0 aliphatic carbocycles. The summed E-state index contributed by atoms with van der Waals surface area (Å²) in [6.07, 6.45) is 2.46. The number of hydrogen-bond donors (Lipinski definition) is 3. The number of carbonyl (C=O) groups excluding carboxylic acids is 1. The molecule has 1 amide bonds. The summed E-state index contributed by atoms with van der Waals surface area (Å²) >= 11 is 0. The minimum Gasteiger partial charge on any atom is -0.444 e. The monoisotopic (exact) mass is 399 g/mol. The number of nitrogens with zero attached hydrogens (tertiary/aromatic N) is 2. The Morgan fingerprint density at radius 1 is 1.10 bits per heavy atom. The van der Waals surface area contributed by atoms with Gasteiger partial charge in [-0.15, -0.1) is 0 Å². The summed E-state index contributed by atoms with van der Waals surface area (Å²) in [5.41, 5.74) is 9.74. The number of anilines is 2. The zero-order valence-corrected chi connectivity index (χ0v) is 18.1. The normalized spacial score (nSPS) is 11.2. The van der Waals surface area contributed by atoms with Crippen molar-refractivity contribution in [3.05, 3.63) is 35.4 Å². The van der Waals surface area contributed by atoms with Gasteiger partial charge in [-0.3, -0.25) is 0 Å². The Balaban J connectivity index is 1.78. The number of nitrogen functional groups attached to an aromatic ring is 1. The fourth-order valence-corrected chi connectivity index (χ4v) is 2.87. The lowest BCUT2D eigenvalue weighted by Crippen LogP contribution is -2.33. The second-order valence-electron chi connectivity index (χ2n) is 8.16. The number of nitrogens with two attached hydrogens (primary N) is 1. The van der Waals surface area contributed by atoms with Gasteiger partial charge in [-0.25, -0.2) is 9.78 Å². The second-order valence-corrected chi connectivity index (χ2v) is 8.16. The molecule has 29 heavy (non-hydrogen) atoms. The van der Waals surface area contributed by atoms with Gasteiger partial charge in [0.25, 0.3) is 0 Å². The third kappa shape index (κ3) is 7.60. The molecule has 0 spiro atoms. The lowest BCUT2D eigenvalue weighted by atomic mass is 10.0. The van der Waals surface area contributed by atoms with E-state index in [9.17, 15) is 4.79 Å². The first-order valence-electron chi connectivity index (χ1n) is 10.1. The first kappa shape index (κ1) is 22.5. The molecule has 0 saturated heterocycles. The Kier molecular flexibility index (Phi) is 7.82. The number of ether oxygens (including phenoxy) is 1. The maximum absolute atomic E-state index is 11.6. The fourth-order valence-electron chi connectivity index (χ4n) is 2.87. The highest BCUT2D eigenvalue weighted by atomic mass is 16.6. The standard InChI is InChI=1S/C22H33N5O2/c1-15-10-9-11-17(16(15)2)18-14-19(27-20(23)26-18)24-12-7-6-8-13-25-21(28)29-22(3,4)5/h9-11,14H,6-8,12-13H2,1-5H3,(H,25,28)(H3,23,24,26,27). The highest BCUT2D eigenvalue weighted by molar-refractivity contribution is 5.68. The first-order valence-corrected chi connectivity index (χ1v) is 10.1. The van der Waals surface area contributed by atoms with Gasteiger partial charge in [0.15, 0.2) is 0 Å². The molecule has 1 aromatic heterocycles. The third-order valence-electron chi connectivity index (χ3n) is 4.45. The molecule has 7 heteroatoms. The van der Waals surface area contributed by atoms with E-state index < -0.39 is 5.60 Å². The number of benzene rings is 1. The third-order valence-corrected chi connectivity index (χ3v) is 4.45. The van der Waals surface area contributed by atoms with Crippen LogP contribution in [0.3, 0.4) is 0 Å². The molecule has 7 nitrogen and oxygen atoms in total. The van der Waals surface area contributed by atoms with Gasteiger partial charge >= 0.3 is 6.09 Å². The molecule has 2 rings (SSSR count). The summed E-state index contributed by atoms with van der Waals surface area (Å²) in [6.45, 7) is 11.1. The van der Waals surface area contributed by atoms with Crippen molar-refractivity contribution in [2.45, 2.75) is 59.5 Å². The Morgan fingerprint density at radius 3 is 2.55 bits per heavy atom. The van der Waals surface area contributed by atoms with Crippen LogP contribution >= 0.6 is 0 Å². The predicted octanol–water partition coefficient (Wildman–Crippen LogP) is 4.45. The van der Waals surface area contributed by atoms with Gasteiger partial charge in [-0.1, -0.05) is 18.2 Å². The van der Waals surface area contributed by atoms with Crippen molar-refractivity contribution in [3.63, 3.8) is 0 Å². The SMILES string of the molecule is Cc1cccc(-c2cc(NCCCCCNC(=O)OC(C)(C)C)nc(N)n2)c1C. The number of amides is 1. The maximum Gasteiger partial charge on any atom is 0.407 e. The number of carbonyl (C=O) groups is 1. The van der Waals surface area contributed by atoms with E-state index >= 15 is 0 Å². The summed E-state index contributed by atoms with van der Waals surface area (Å²) in [7, 11) is 0. The molecule has 0 bridgehead atoms. The Labute approximate surface area is 173 Å². The van der Waals surface area contributed by atoms with E-state index in [0.717, 1.165) is 42.9 Å². The predicted molar refractivity (Wildman–Crippen MR) is 118 cm³/mol. The summed E-state index contributed by atoms with van der Waals surface area (Å²) < 4.78 is 5.21. The number of rotatable bonds is 8. The highest BCUT2D eigenvalue weighted by Crippen LogP contribution is 2.26. The van der Waals surface area contributed by atoms with E-state index in [1.807, 2.05) is 39.0 Å². The van der Waals surface area contributed by atoms with E-state index in [4.69, 9.17) is 10.5 Å². The molecule has 1 aromatic carbocycles. The lowest BCUT2D eigenvalue weighted by molar-refractivity contribution is 0.0527. The zero-order valence-electron chi connectivity index (χ0n) is 18.1. The Morgan fingerprint density at radius 2 is 1.83 bits per heavy atom. The van der Waals surface area contributed by atoms with Crippen LogP contribution in [0.25, 0.3) is 11.3 Å². The molecule has 0 saturated carbocycles. The van der Waals surface area contributed by atoms with Crippen LogP contribution in [0.2, 0.25) is 0 Å². The van der Waals surface area contributed by atoms with Crippen LogP contribution in [0.4, 0.5) is 16.6 Å². The van der Waals surface area contributed by atoms with Gasteiger partial charge < -0.3 is 21.1 Å². The molecule has 2 aromatic rings. The van der Waals surface area contributed by atoms with Crippen LogP contribution < -0.4 is 16.4 Å². The maximum atomic E-state index is 11.6. The van der Waals surface area contributed by atoms with Gasteiger partial charge in [0.05, 0.1) is 5.69 Å². The van der Waals surface area contributed by atoms with Crippen LogP contribution in [0.15, 0.2) is 24.3 Å². The highest BCUT2D eigenvalue weighted by Gasteiger charge is 2.15. The number of alkyl carbamates (subject to hydrolysis) is 1. The van der Waals surface area contributed by atoms with Crippen molar-refractivity contribution < 1.29 is 9.53 Å². The number of unbranched alkanes of at least 4 members (excludes halogenated alkanes) is 2. The van der Waals surface area contributed by atoms with Gasteiger partial charge in [0, 0.05) is 24.7 Å². The van der Waals surface area contributed by atoms with E-state index in [1.54, 1.807) is 0 Å². The number of aromatic nitrogens is 2. The lowest BCUT2D eigenvalue weighted by Gasteiger charge is -2.19. The van der Waals surface area contributed by atoms with Crippen molar-refractivity contribution in [2.75, 3.05) is 24.1 Å². The molecule has 1 heterocycles. The molecule has 158 valence electrons. The summed E-state index contributed by atoms with van der Waals surface area (Å²) in [5, 5.41) is 6.09. The number of hydrogen-bond acceptors (Lipinski definition) is 6. The van der Waals surface area contributed by atoms with Gasteiger partial charge in [0.2, 0.25) is 5.95 Å². The van der Waals surface area contributed by atoms with Crippen molar-refractivity contribution in [2.24, 2.45) is 0 Å². The number of aryl methyl sites for hydroxylation is 1.